The minimum atomic E-state index is -2.50. The van der Waals surface area contributed by atoms with Crippen molar-refractivity contribution in [1.82, 2.24) is 4.37 Å². The zero-order valence-corrected chi connectivity index (χ0v) is 8.11. The van der Waals surface area contributed by atoms with Crippen LogP contribution in [0.5, 0.6) is 0 Å². The second kappa shape index (κ2) is 4.19. The molecule has 0 fully saturated rings. The number of anilines is 2. The highest BCUT2D eigenvalue weighted by Gasteiger charge is 2.18. The smallest absolute Gasteiger partial charge is 0.258 e. The van der Waals surface area contributed by atoms with E-state index in [2.05, 4.69) is 9.69 Å². The van der Waals surface area contributed by atoms with Crippen LogP contribution in [0.4, 0.5) is 19.6 Å². The third kappa shape index (κ3) is 2.09. The van der Waals surface area contributed by atoms with Gasteiger partial charge in [0.15, 0.2) is 5.82 Å². The summed E-state index contributed by atoms with van der Waals surface area (Å²) in [5.41, 5.74) is 5.48. The van der Waals surface area contributed by atoms with E-state index in [0.717, 1.165) is 11.5 Å². The molecule has 0 aliphatic carbocycles. The zero-order chi connectivity index (χ0) is 10.7. The Kier molecular flexibility index (Phi) is 3.19. The Morgan fingerprint density at radius 2 is 2.29 bits per heavy atom. The third-order valence-electron chi connectivity index (χ3n) is 1.57. The summed E-state index contributed by atoms with van der Waals surface area (Å²) in [4.78, 5) is 0. The molecule has 3 N–H and O–H groups in total. The maximum atomic E-state index is 12.2. The van der Waals surface area contributed by atoms with Crippen LogP contribution < -0.4 is 11.1 Å². The minimum Gasteiger partial charge on any atom is -0.382 e. The SMILES string of the molecule is CC(Nc1snc(N)c1C#N)C(F)F. The summed E-state index contributed by atoms with van der Waals surface area (Å²) in [6.45, 7) is 1.32. The van der Waals surface area contributed by atoms with Crippen LogP contribution >= 0.6 is 11.5 Å². The zero-order valence-electron chi connectivity index (χ0n) is 7.29. The predicted octanol–water partition coefficient (Wildman–Crippen LogP) is 1.66. The van der Waals surface area contributed by atoms with Crippen LogP contribution in [0.2, 0.25) is 0 Å². The largest absolute Gasteiger partial charge is 0.382 e. The molecule has 1 aromatic rings. The summed E-state index contributed by atoms with van der Waals surface area (Å²) < 4.78 is 28.0. The monoisotopic (exact) mass is 218 g/mol. The molecule has 0 bridgehead atoms. The summed E-state index contributed by atoms with van der Waals surface area (Å²) in [5.74, 6) is 0.0708. The molecule has 0 aliphatic heterocycles. The number of hydrogen-bond donors (Lipinski definition) is 2. The number of alkyl halides is 2. The number of nitrogen functional groups attached to an aromatic ring is 1. The van der Waals surface area contributed by atoms with Gasteiger partial charge in [0.1, 0.15) is 16.6 Å². The number of nitrogens with one attached hydrogen (secondary N) is 1. The lowest BCUT2D eigenvalue weighted by molar-refractivity contribution is 0.131. The van der Waals surface area contributed by atoms with Gasteiger partial charge >= 0.3 is 0 Å². The van der Waals surface area contributed by atoms with Crippen LogP contribution in [-0.2, 0) is 0 Å². The van der Waals surface area contributed by atoms with Gasteiger partial charge in [0.05, 0.1) is 6.04 Å². The van der Waals surface area contributed by atoms with E-state index >= 15 is 0 Å². The van der Waals surface area contributed by atoms with Gasteiger partial charge < -0.3 is 11.1 Å². The topological polar surface area (TPSA) is 74.7 Å². The van der Waals surface area contributed by atoms with Crippen molar-refractivity contribution in [2.24, 2.45) is 0 Å². The van der Waals surface area contributed by atoms with Gasteiger partial charge in [0.25, 0.3) is 6.43 Å². The normalized spacial score (nSPS) is 12.5. The molecule has 14 heavy (non-hydrogen) atoms. The number of aromatic nitrogens is 1. The van der Waals surface area contributed by atoms with Gasteiger partial charge in [-0.05, 0) is 18.5 Å². The summed E-state index contributed by atoms with van der Waals surface area (Å²) in [7, 11) is 0. The molecule has 0 aromatic carbocycles. The number of rotatable bonds is 3. The van der Waals surface area contributed by atoms with Crippen molar-refractivity contribution in [3.63, 3.8) is 0 Å². The Morgan fingerprint density at radius 3 is 2.79 bits per heavy atom. The van der Waals surface area contributed by atoms with Gasteiger partial charge in [-0.25, -0.2) is 8.78 Å². The van der Waals surface area contributed by atoms with Gasteiger partial charge in [0, 0.05) is 0 Å². The van der Waals surface area contributed by atoms with E-state index in [-0.39, 0.29) is 16.4 Å². The first kappa shape index (κ1) is 10.7. The van der Waals surface area contributed by atoms with E-state index < -0.39 is 12.5 Å². The molecule has 7 heteroatoms. The van der Waals surface area contributed by atoms with Crippen molar-refractivity contribution < 1.29 is 8.78 Å². The summed E-state index contributed by atoms with van der Waals surface area (Å²) in [5, 5.41) is 11.4. The average molecular weight is 218 g/mol. The second-order valence-electron chi connectivity index (χ2n) is 2.65. The van der Waals surface area contributed by atoms with E-state index in [9.17, 15) is 8.78 Å². The van der Waals surface area contributed by atoms with Crippen molar-refractivity contribution in [2.75, 3.05) is 11.1 Å². The molecule has 1 rings (SSSR count). The maximum Gasteiger partial charge on any atom is 0.258 e. The highest BCUT2D eigenvalue weighted by atomic mass is 32.1. The first-order valence-electron chi connectivity index (χ1n) is 3.76. The van der Waals surface area contributed by atoms with E-state index in [0.29, 0.717) is 0 Å². The lowest BCUT2D eigenvalue weighted by atomic mass is 10.3. The van der Waals surface area contributed by atoms with Crippen LogP contribution in [0.1, 0.15) is 12.5 Å². The van der Waals surface area contributed by atoms with Crippen LogP contribution in [0.15, 0.2) is 0 Å². The molecule has 0 aliphatic rings. The lowest BCUT2D eigenvalue weighted by Gasteiger charge is -2.11. The second-order valence-corrected chi connectivity index (χ2v) is 3.42. The molecular formula is C7H8F2N4S. The number of halogens is 2. The predicted molar refractivity (Wildman–Crippen MR) is 50.3 cm³/mol. The van der Waals surface area contributed by atoms with E-state index in [4.69, 9.17) is 11.0 Å². The van der Waals surface area contributed by atoms with E-state index in [1.54, 1.807) is 6.07 Å². The molecule has 76 valence electrons. The molecule has 4 nitrogen and oxygen atoms in total. The fraction of sp³-hybridized carbons (Fsp3) is 0.429. The van der Waals surface area contributed by atoms with Crippen molar-refractivity contribution in [2.45, 2.75) is 19.4 Å². The molecule has 0 amide bonds. The Labute approximate surface area is 83.5 Å². The first-order chi connectivity index (χ1) is 6.56. The number of nitriles is 1. The van der Waals surface area contributed by atoms with Crippen LogP contribution in [-0.4, -0.2) is 16.8 Å². The van der Waals surface area contributed by atoms with E-state index in [1.165, 1.54) is 6.92 Å². The molecule has 1 atom stereocenters. The standard InChI is InChI=1S/C7H8F2N4S/c1-3(5(8)9)12-7-4(2-10)6(11)13-14-7/h3,5,12H,1H3,(H2,11,13). The summed E-state index contributed by atoms with van der Waals surface area (Å²) in [6.07, 6.45) is -2.50. The number of hydrogen-bond acceptors (Lipinski definition) is 5. The average Bonchev–Trinajstić information content (AvgIpc) is 2.46. The highest BCUT2D eigenvalue weighted by molar-refractivity contribution is 7.10. The first-order valence-corrected chi connectivity index (χ1v) is 4.53. The fourth-order valence-corrected chi connectivity index (χ4v) is 1.54. The molecule has 0 radical (unpaired) electrons. The van der Waals surface area contributed by atoms with E-state index in [1.807, 2.05) is 0 Å². The van der Waals surface area contributed by atoms with Crippen molar-refractivity contribution >= 4 is 22.4 Å². The number of nitrogens with zero attached hydrogens (tertiary/aromatic N) is 2. The quantitative estimate of drug-likeness (QED) is 0.809. The van der Waals surface area contributed by atoms with Crippen LogP contribution in [0.25, 0.3) is 0 Å². The van der Waals surface area contributed by atoms with Crippen LogP contribution in [0.3, 0.4) is 0 Å². The summed E-state index contributed by atoms with van der Waals surface area (Å²) in [6, 6.07) is 0.778. The Bertz CT molecular complexity index is 357. The van der Waals surface area contributed by atoms with Gasteiger partial charge in [0.2, 0.25) is 0 Å². The van der Waals surface area contributed by atoms with Gasteiger partial charge in [-0.3, -0.25) is 0 Å². The molecule has 0 saturated carbocycles. The Balaban J connectivity index is 2.83. The molecule has 1 unspecified atom stereocenters. The minimum absolute atomic E-state index is 0.0708. The molecular weight excluding hydrogens is 210 g/mol. The highest BCUT2D eigenvalue weighted by Crippen LogP contribution is 2.26. The Hall–Kier alpha value is -1.42. The lowest BCUT2D eigenvalue weighted by Crippen LogP contribution is -2.23. The molecule has 0 saturated heterocycles. The molecule has 1 aromatic heterocycles. The molecule has 1 heterocycles. The third-order valence-corrected chi connectivity index (χ3v) is 2.36. The number of nitrogens with two attached hydrogens (primary N) is 1. The van der Waals surface area contributed by atoms with Crippen molar-refractivity contribution in [1.29, 1.82) is 5.26 Å². The summed E-state index contributed by atoms with van der Waals surface area (Å²) >= 11 is 0.905. The van der Waals surface area contributed by atoms with Gasteiger partial charge in [-0.1, -0.05) is 0 Å². The fourth-order valence-electron chi connectivity index (χ4n) is 0.779. The molecule has 0 spiro atoms. The van der Waals surface area contributed by atoms with Gasteiger partial charge in [-0.15, -0.1) is 0 Å². The maximum absolute atomic E-state index is 12.2. The Morgan fingerprint density at radius 1 is 1.64 bits per heavy atom. The van der Waals surface area contributed by atoms with Crippen LogP contribution in [0, 0.1) is 11.3 Å². The van der Waals surface area contributed by atoms with Crippen molar-refractivity contribution in [3.8, 4) is 6.07 Å². The van der Waals surface area contributed by atoms with Crippen molar-refractivity contribution in [3.05, 3.63) is 5.56 Å². The van der Waals surface area contributed by atoms with Gasteiger partial charge in [-0.2, -0.15) is 9.64 Å².